The molecule has 0 radical (unpaired) electrons. The molecule has 102 valence electrons. The van der Waals surface area contributed by atoms with Crippen LogP contribution in [0.25, 0.3) is 0 Å². The molecule has 0 aliphatic heterocycles. The van der Waals surface area contributed by atoms with Crippen molar-refractivity contribution in [1.29, 1.82) is 0 Å². The van der Waals surface area contributed by atoms with Gasteiger partial charge < -0.3 is 19.5 Å². The fraction of sp³-hybridized carbons (Fsp3) is 0.571. The number of likely N-dealkylation sites (N-methyl/N-ethyl adjacent to an activating group) is 1. The Labute approximate surface area is 109 Å². The van der Waals surface area contributed by atoms with E-state index in [1.54, 1.807) is 7.11 Å². The summed E-state index contributed by atoms with van der Waals surface area (Å²) in [4.78, 5) is 0. The second-order valence-corrected chi connectivity index (χ2v) is 3.93. The number of rotatable bonds is 9. The molecule has 1 atom stereocenters. The van der Waals surface area contributed by atoms with Crippen molar-refractivity contribution in [3.8, 4) is 11.5 Å². The fourth-order valence-corrected chi connectivity index (χ4v) is 1.67. The van der Waals surface area contributed by atoms with Crippen LogP contribution in [0.15, 0.2) is 24.3 Å². The summed E-state index contributed by atoms with van der Waals surface area (Å²) >= 11 is 0. The molecule has 0 bridgehead atoms. The molecular weight excluding hydrogens is 230 g/mol. The molecule has 0 fully saturated rings. The SMILES string of the molecule is CCNC(COC)COc1cccc(OCC)c1. The molecule has 4 heteroatoms. The number of ether oxygens (including phenoxy) is 3. The maximum atomic E-state index is 5.74. The number of hydrogen-bond acceptors (Lipinski definition) is 4. The Hall–Kier alpha value is -1.26. The summed E-state index contributed by atoms with van der Waals surface area (Å²) < 4.78 is 16.3. The van der Waals surface area contributed by atoms with Gasteiger partial charge in [0, 0.05) is 13.2 Å². The van der Waals surface area contributed by atoms with Crippen LogP contribution in [0.1, 0.15) is 13.8 Å². The van der Waals surface area contributed by atoms with Crippen LogP contribution in [0.2, 0.25) is 0 Å². The van der Waals surface area contributed by atoms with Gasteiger partial charge in [-0.15, -0.1) is 0 Å². The second kappa shape index (κ2) is 8.78. The summed E-state index contributed by atoms with van der Waals surface area (Å²) in [6, 6.07) is 7.89. The van der Waals surface area contributed by atoms with Crippen LogP contribution >= 0.6 is 0 Å². The molecule has 1 unspecified atom stereocenters. The van der Waals surface area contributed by atoms with Crippen LogP contribution in [0.4, 0.5) is 0 Å². The minimum Gasteiger partial charge on any atom is -0.494 e. The van der Waals surface area contributed by atoms with E-state index in [9.17, 15) is 0 Å². The summed E-state index contributed by atoms with van der Waals surface area (Å²) in [6.45, 7) is 6.81. The molecule has 0 heterocycles. The summed E-state index contributed by atoms with van der Waals surface area (Å²) in [6.07, 6.45) is 0. The van der Waals surface area contributed by atoms with E-state index >= 15 is 0 Å². The van der Waals surface area contributed by atoms with Gasteiger partial charge in [0.25, 0.3) is 0 Å². The van der Waals surface area contributed by atoms with Gasteiger partial charge in [-0.05, 0) is 25.6 Å². The van der Waals surface area contributed by atoms with Crippen molar-refractivity contribution in [2.24, 2.45) is 0 Å². The van der Waals surface area contributed by atoms with Gasteiger partial charge in [0.15, 0.2) is 0 Å². The van der Waals surface area contributed by atoms with Crippen LogP contribution in [-0.4, -0.2) is 39.5 Å². The van der Waals surface area contributed by atoms with Crippen LogP contribution < -0.4 is 14.8 Å². The van der Waals surface area contributed by atoms with Crippen molar-refractivity contribution in [3.63, 3.8) is 0 Å². The standard InChI is InChI=1S/C14H23NO3/c1-4-15-12(10-16-3)11-18-14-8-6-7-13(9-14)17-5-2/h6-9,12,15H,4-5,10-11H2,1-3H3. The van der Waals surface area contributed by atoms with Gasteiger partial charge in [-0.2, -0.15) is 0 Å². The Kier molecular flexibility index (Phi) is 7.22. The predicted molar refractivity (Wildman–Crippen MR) is 72.4 cm³/mol. The number of benzene rings is 1. The highest BCUT2D eigenvalue weighted by atomic mass is 16.5. The van der Waals surface area contributed by atoms with Gasteiger partial charge in [-0.3, -0.25) is 0 Å². The predicted octanol–water partition coefficient (Wildman–Crippen LogP) is 2.09. The Morgan fingerprint density at radius 1 is 1.11 bits per heavy atom. The normalized spacial score (nSPS) is 12.2. The molecule has 0 spiro atoms. The summed E-state index contributed by atoms with van der Waals surface area (Å²) in [7, 11) is 1.69. The third kappa shape index (κ3) is 5.38. The smallest absolute Gasteiger partial charge is 0.123 e. The topological polar surface area (TPSA) is 39.7 Å². The zero-order valence-corrected chi connectivity index (χ0v) is 11.4. The molecule has 18 heavy (non-hydrogen) atoms. The molecule has 0 aromatic heterocycles. The van der Waals surface area contributed by atoms with Crippen LogP contribution in [0.5, 0.6) is 11.5 Å². The molecule has 0 saturated heterocycles. The molecular formula is C14H23NO3. The van der Waals surface area contributed by atoms with Gasteiger partial charge >= 0.3 is 0 Å². The first-order valence-electron chi connectivity index (χ1n) is 6.38. The highest BCUT2D eigenvalue weighted by molar-refractivity contribution is 5.32. The molecule has 1 aromatic carbocycles. The van der Waals surface area contributed by atoms with Gasteiger partial charge in [0.1, 0.15) is 18.1 Å². The number of nitrogens with one attached hydrogen (secondary N) is 1. The third-order valence-electron chi connectivity index (χ3n) is 2.43. The minimum absolute atomic E-state index is 0.204. The highest BCUT2D eigenvalue weighted by Crippen LogP contribution is 2.19. The van der Waals surface area contributed by atoms with Crippen molar-refractivity contribution in [3.05, 3.63) is 24.3 Å². The van der Waals surface area contributed by atoms with Crippen molar-refractivity contribution in [1.82, 2.24) is 5.32 Å². The molecule has 0 amide bonds. The van der Waals surface area contributed by atoms with Crippen LogP contribution in [-0.2, 0) is 4.74 Å². The molecule has 0 saturated carbocycles. The number of methoxy groups -OCH3 is 1. The summed E-state index contributed by atoms with van der Waals surface area (Å²) in [5.41, 5.74) is 0. The van der Waals surface area contributed by atoms with Crippen molar-refractivity contribution < 1.29 is 14.2 Å². The largest absolute Gasteiger partial charge is 0.494 e. The second-order valence-electron chi connectivity index (χ2n) is 3.93. The van der Waals surface area contributed by atoms with Crippen molar-refractivity contribution in [2.75, 3.05) is 33.5 Å². The lowest BCUT2D eigenvalue weighted by molar-refractivity contribution is 0.137. The van der Waals surface area contributed by atoms with Crippen LogP contribution in [0.3, 0.4) is 0 Å². The maximum absolute atomic E-state index is 5.74. The molecule has 1 aromatic rings. The van der Waals surface area contributed by atoms with Gasteiger partial charge in [-0.1, -0.05) is 13.0 Å². The summed E-state index contributed by atoms with van der Waals surface area (Å²) in [5, 5.41) is 3.31. The van der Waals surface area contributed by atoms with E-state index in [4.69, 9.17) is 14.2 Å². The monoisotopic (exact) mass is 253 g/mol. The molecule has 0 aliphatic rings. The fourth-order valence-electron chi connectivity index (χ4n) is 1.67. The summed E-state index contributed by atoms with van der Waals surface area (Å²) in [5.74, 6) is 1.65. The van der Waals surface area contributed by atoms with Gasteiger partial charge in [0.05, 0.1) is 19.3 Å². The Morgan fingerprint density at radius 2 is 1.83 bits per heavy atom. The number of hydrogen-bond donors (Lipinski definition) is 1. The first-order chi connectivity index (χ1) is 8.80. The van der Waals surface area contributed by atoms with Gasteiger partial charge in [-0.25, -0.2) is 0 Å². The van der Waals surface area contributed by atoms with E-state index in [0.717, 1.165) is 18.0 Å². The van der Waals surface area contributed by atoms with Crippen LogP contribution in [0, 0.1) is 0 Å². The lowest BCUT2D eigenvalue weighted by Crippen LogP contribution is -2.38. The molecule has 1 N–H and O–H groups in total. The average molecular weight is 253 g/mol. The molecule has 1 rings (SSSR count). The van der Waals surface area contributed by atoms with Crippen molar-refractivity contribution >= 4 is 0 Å². The maximum Gasteiger partial charge on any atom is 0.123 e. The quantitative estimate of drug-likeness (QED) is 0.731. The minimum atomic E-state index is 0.204. The Morgan fingerprint density at radius 3 is 2.44 bits per heavy atom. The molecule has 0 aliphatic carbocycles. The lowest BCUT2D eigenvalue weighted by Gasteiger charge is -2.17. The van der Waals surface area contributed by atoms with E-state index in [1.165, 1.54) is 0 Å². The lowest BCUT2D eigenvalue weighted by atomic mass is 10.3. The zero-order chi connectivity index (χ0) is 13.2. The first kappa shape index (κ1) is 14.8. The van der Waals surface area contributed by atoms with E-state index in [2.05, 4.69) is 12.2 Å². The average Bonchev–Trinajstić information content (AvgIpc) is 2.37. The third-order valence-corrected chi connectivity index (χ3v) is 2.43. The van der Waals surface area contributed by atoms with E-state index in [1.807, 2.05) is 31.2 Å². The van der Waals surface area contributed by atoms with Crippen molar-refractivity contribution in [2.45, 2.75) is 19.9 Å². The van der Waals surface area contributed by atoms with E-state index < -0.39 is 0 Å². The first-order valence-corrected chi connectivity index (χ1v) is 6.38. The highest BCUT2D eigenvalue weighted by Gasteiger charge is 2.07. The zero-order valence-electron chi connectivity index (χ0n) is 11.4. The Balaban J connectivity index is 2.47. The van der Waals surface area contributed by atoms with E-state index in [0.29, 0.717) is 19.8 Å². The Bertz CT molecular complexity index is 325. The molecule has 4 nitrogen and oxygen atoms in total. The van der Waals surface area contributed by atoms with E-state index in [-0.39, 0.29) is 6.04 Å². The van der Waals surface area contributed by atoms with Gasteiger partial charge in [0.2, 0.25) is 0 Å².